The molecule has 11 N–H and O–H groups in total. The molecule has 3 fully saturated rings. The number of unbranched alkanes of at least 4 members (excludes halogenated alkanes) is 2. The average Bonchev–Trinajstić information content (AvgIpc) is 4.23. The Labute approximate surface area is 430 Å². The van der Waals surface area contributed by atoms with Crippen molar-refractivity contribution in [1.82, 2.24) is 51.6 Å². The lowest BCUT2D eigenvalue weighted by Gasteiger charge is -2.29. The normalized spacial score (nSPS) is 19.8. The Morgan fingerprint density at radius 2 is 1.49 bits per heavy atom. The Morgan fingerprint density at radius 1 is 0.833 bits per heavy atom. The van der Waals surface area contributed by atoms with Gasteiger partial charge in [0.05, 0.1) is 12.1 Å². The van der Waals surface area contributed by atoms with Gasteiger partial charge in [-0.1, -0.05) is 25.1 Å². The van der Waals surface area contributed by atoms with Gasteiger partial charge < -0.3 is 62.5 Å². The minimum absolute atomic E-state index is 0.0318. The molecule has 3 aliphatic rings. The van der Waals surface area contributed by atoms with Crippen LogP contribution in [-0.4, -0.2) is 186 Å². The smallest absolute Gasteiger partial charge is 0.329 e. The summed E-state index contributed by atoms with van der Waals surface area (Å²) >= 11 is 5.75. The fourth-order valence-electron chi connectivity index (χ4n) is 9.09. The predicted molar refractivity (Wildman–Crippen MR) is 275 cm³/mol. The highest BCUT2D eigenvalue weighted by Gasteiger charge is 2.40. The summed E-state index contributed by atoms with van der Waals surface area (Å²) in [7, 11) is 3.85. The summed E-state index contributed by atoms with van der Waals surface area (Å²) < 4.78 is 5.62. The highest BCUT2D eigenvalue weighted by molar-refractivity contribution is 7.99. The van der Waals surface area contributed by atoms with E-state index >= 15 is 0 Å². The van der Waals surface area contributed by atoms with Gasteiger partial charge in [-0.05, 0) is 103 Å². The SMILES string of the molecule is CC[C@H](NC(=O)[C@H](CCCCNC(=O)C1CSCN1)NC(=O)[C@@H]1CCCN1C(=O)COC(=O)[C@H](Cc1c[nH]c2ccccc12)NC(=O)[C@H](CCCCN(C)C)NC(=O)C(N)CS)C(=O)N1CCC[C@H]1C(N)=O. The number of aromatic amines is 1. The number of thiol groups is 1. The van der Waals surface area contributed by atoms with Gasteiger partial charge in [0, 0.05) is 60.5 Å². The summed E-state index contributed by atoms with van der Waals surface area (Å²) in [4.78, 5) is 129. The molecule has 2 aromatic rings. The monoisotopic (exact) mass is 1040 g/mol. The number of primary amides is 1. The quantitative estimate of drug-likeness (QED) is 0.0278. The fourth-order valence-corrected chi connectivity index (χ4v) is 10.2. The van der Waals surface area contributed by atoms with Crippen LogP contribution in [0.5, 0.6) is 0 Å². The van der Waals surface area contributed by atoms with E-state index in [0.717, 1.165) is 23.9 Å². The number of likely N-dealkylation sites (tertiary alicyclic amines) is 2. The van der Waals surface area contributed by atoms with Gasteiger partial charge in [-0.15, -0.1) is 11.8 Å². The molecule has 24 heteroatoms. The molecule has 22 nitrogen and oxygen atoms in total. The van der Waals surface area contributed by atoms with Crippen molar-refractivity contribution in [2.75, 3.05) is 64.3 Å². The summed E-state index contributed by atoms with van der Waals surface area (Å²) in [5, 5.41) is 17.9. The van der Waals surface area contributed by atoms with Gasteiger partial charge in [-0.3, -0.25) is 43.7 Å². The third kappa shape index (κ3) is 16.5. The summed E-state index contributed by atoms with van der Waals surface area (Å²) in [6.45, 7) is 2.49. The molecule has 0 bridgehead atoms. The Kier molecular flexibility index (Phi) is 22.9. The lowest BCUT2D eigenvalue weighted by molar-refractivity contribution is -0.155. The van der Waals surface area contributed by atoms with Gasteiger partial charge in [0.25, 0.3) is 5.91 Å². The summed E-state index contributed by atoms with van der Waals surface area (Å²) in [6, 6.07) is -0.186. The van der Waals surface area contributed by atoms with Crippen molar-refractivity contribution in [1.29, 1.82) is 0 Å². The van der Waals surface area contributed by atoms with Crippen molar-refractivity contribution in [3.05, 3.63) is 36.0 Å². The van der Waals surface area contributed by atoms with Crippen LogP contribution in [0.2, 0.25) is 0 Å². The number of fused-ring (bicyclic) bond motifs is 1. The molecule has 8 amide bonds. The minimum Gasteiger partial charge on any atom is -0.454 e. The summed E-state index contributed by atoms with van der Waals surface area (Å²) in [5.74, 6) is -3.91. The molecule has 4 heterocycles. The molecule has 1 aromatic heterocycles. The summed E-state index contributed by atoms with van der Waals surface area (Å²) in [5.41, 5.74) is 13.0. The van der Waals surface area contributed by atoms with Gasteiger partial charge in [0.2, 0.25) is 41.4 Å². The van der Waals surface area contributed by atoms with E-state index in [9.17, 15) is 43.2 Å². The number of carbonyl (C=O) groups excluding carboxylic acids is 9. The second kappa shape index (κ2) is 28.7. The molecule has 3 aliphatic heterocycles. The number of rotatable bonds is 28. The first kappa shape index (κ1) is 57.5. The second-order valence-electron chi connectivity index (χ2n) is 18.8. The van der Waals surface area contributed by atoms with E-state index in [1.54, 1.807) is 24.9 Å². The zero-order chi connectivity index (χ0) is 52.3. The fraction of sp³-hybridized carbons (Fsp3) is 0.646. The largest absolute Gasteiger partial charge is 0.454 e. The second-order valence-corrected chi connectivity index (χ2v) is 20.2. The van der Waals surface area contributed by atoms with Crippen LogP contribution in [0.15, 0.2) is 30.5 Å². The van der Waals surface area contributed by atoms with Gasteiger partial charge in [0.15, 0.2) is 6.61 Å². The molecular weight excluding hydrogens is 969 g/mol. The lowest BCUT2D eigenvalue weighted by atomic mass is 10.0. The van der Waals surface area contributed by atoms with E-state index in [2.05, 4.69) is 49.5 Å². The highest BCUT2D eigenvalue weighted by Crippen LogP contribution is 2.22. The number of aromatic nitrogens is 1. The Bertz CT molecular complexity index is 2210. The predicted octanol–water partition coefficient (Wildman–Crippen LogP) is -0.992. The molecule has 3 saturated heterocycles. The first-order valence-electron chi connectivity index (χ1n) is 24.9. The molecule has 0 spiro atoms. The molecule has 0 aliphatic carbocycles. The van der Waals surface area contributed by atoms with Crippen LogP contribution in [0, 0.1) is 0 Å². The van der Waals surface area contributed by atoms with Crippen molar-refractivity contribution >= 4 is 88.5 Å². The van der Waals surface area contributed by atoms with E-state index in [4.69, 9.17) is 16.2 Å². The maximum Gasteiger partial charge on any atom is 0.329 e. The number of para-hydroxylation sites is 1. The number of hydrogen-bond acceptors (Lipinski definition) is 15. The van der Waals surface area contributed by atoms with Gasteiger partial charge in [0.1, 0.15) is 36.3 Å². The van der Waals surface area contributed by atoms with Crippen molar-refractivity contribution in [2.45, 2.75) is 132 Å². The molecule has 0 radical (unpaired) electrons. The molecule has 8 atom stereocenters. The minimum atomic E-state index is -1.31. The summed E-state index contributed by atoms with van der Waals surface area (Å²) in [6.07, 6.45) is 6.13. The zero-order valence-corrected chi connectivity index (χ0v) is 43.3. The van der Waals surface area contributed by atoms with Crippen LogP contribution in [0.1, 0.15) is 83.1 Å². The van der Waals surface area contributed by atoms with Gasteiger partial charge in [-0.2, -0.15) is 12.6 Å². The number of carbonyl (C=O) groups is 9. The van der Waals surface area contributed by atoms with E-state index in [1.807, 2.05) is 43.3 Å². The number of nitrogens with two attached hydrogens (primary N) is 2. The van der Waals surface area contributed by atoms with Crippen molar-refractivity contribution in [3.8, 4) is 0 Å². The zero-order valence-electron chi connectivity index (χ0n) is 41.6. The van der Waals surface area contributed by atoms with Crippen molar-refractivity contribution in [2.24, 2.45) is 11.5 Å². The number of hydrogen-bond donors (Lipinski definition) is 10. The molecule has 398 valence electrons. The van der Waals surface area contributed by atoms with Crippen LogP contribution in [-0.2, 0) is 54.3 Å². The van der Waals surface area contributed by atoms with E-state index in [1.165, 1.54) is 9.80 Å². The maximum absolute atomic E-state index is 14.1. The van der Waals surface area contributed by atoms with Crippen LogP contribution in [0.4, 0.5) is 0 Å². The first-order chi connectivity index (χ1) is 34.5. The number of benzene rings is 1. The van der Waals surface area contributed by atoms with Crippen molar-refractivity contribution < 1.29 is 47.9 Å². The van der Waals surface area contributed by atoms with Gasteiger partial charge >= 0.3 is 5.97 Å². The molecule has 2 unspecified atom stereocenters. The lowest BCUT2D eigenvalue weighted by Crippen LogP contribution is -2.57. The van der Waals surface area contributed by atoms with Crippen LogP contribution in [0.25, 0.3) is 10.9 Å². The Balaban J connectivity index is 1.26. The van der Waals surface area contributed by atoms with E-state index in [-0.39, 0.29) is 56.4 Å². The number of nitrogens with one attached hydrogen (secondary N) is 7. The first-order valence-corrected chi connectivity index (χ1v) is 26.7. The highest BCUT2D eigenvalue weighted by atomic mass is 32.2. The third-order valence-corrected chi connectivity index (χ3v) is 14.5. The van der Waals surface area contributed by atoms with Crippen LogP contribution < -0.4 is 43.4 Å². The van der Waals surface area contributed by atoms with E-state index < -0.39 is 96.2 Å². The average molecular weight is 1040 g/mol. The standard InChI is InChI=1S/C48H74N12O10S2/c1-4-32(47(68)60-22-11-17-38(60)41(50)62)54-44(65)35(15-7-9-19-51-43(64)37-27-72-28-53-37)56-46(67)39-18-12-21-59(39)40(61)25-70-48(69)36(23-29-24-52-33-14-6-5-13-30(29)33)57-45(66)34(16-8-10-20-58(2)3)55-42(63)31(49)26-71/h5-6,13-14,24,31-32,34-39,52-53,71H,4,7-12,15-23,25-28,49H2,1-3H3,(H2,50,62)(H,51,64)(H,54,65)(H,55,63)(H,56,67)(H,57,66)/t31?,32-,34-,35-,36-,37?,38-,39-/m0/s1. The molecule has 5 rings (SSSR count). The van der Waals surface area contributed by atoms with Crippen LogP contribution in [0.3, 0.4) is 0 Å². The van der Waals surface area contributed by atoms with Crippen molar-refractivity contribution in [3.63, 3.8) is 0 Å². The topological polar surface area (TPSA) is 313 Å². The third-order valence-electron chi connectivity index (χ3n) is 13.2. The maximum atomic E-state index is 14.1. The number of ether oxygens (including phenoxy) is 1. The molecule has 1 aromatic carbocycles. The number of amides is 8. The van der Waals surface area contributed by atoms with Gasteiger partial charge in [-0.25, -0.2) is 4.79 Å². The molecular formula is C48H74N12O10S2. The number of thioether (sulfide) groups is 1. The number of nitrogens with zero attached hydrogens (tertiary/aromatic N) is 3. The van der Waals surface area contributed by atoms with E-state index in [0.29, 0.717) is 68.8 Å². The molecule has 0 saturated carbocycles. The number of esters is 1. The van der Waals surface area contributed by atoms with Crippen LogP contribution >= 0.6 is 24.4 Å². The Hall–Kier alpha value is -5.43. The Morgan fingerprint density at radius 3 is 2.15 bits per heavy atom. The number of H-pyrrole nitrogens is 1. The molecule has 72 heavy (non-hydrogen) atoms.